The fourth-order valence-electron chi connectivity index (χ4n) is 1.35. The van der Waals surface area contributed by atoms with E-state index in [0.29, 0.717) is 13.0 Å². The smallest absolute Gasteiger partial charge is 0.215 e. The fraction of sp³-hybridized carbons (Fsp3) is 0.182. The van der Waals surface area contributed by atoms with Gasteiger partial charge in [-0.05, 0) is 12.6 Å². The van der Waals surface area contributed by atoms with Gasteiger partial charge in [0.2, 0.25) is 5.78 Å². The van der Waals surface area contributed by atoms with Crippen LogP contribution >= 0.6 is 11.3 Å². The Kier molecular flexibility index (Phi) is 3.55. The lowest BCUT2D eigenvalue weighted by molar-refractivity contribution is 0.103. The normalized spacial score (nSPS) is 10.5. The molecule has 0 aliphatic rings. The zero-order chi connectivity index (χ0) is 12.3. The molecule has 0 atom stereocenters. The largest absolute Gasteiger partial charge is 0.330 e. The molecule has 2 heterocycles. The Hall–Kier alpha value is -1.66. The Morgan fingerprint density at radius 1 is 1.53 bits per heavy atom. The first-order valence-corrected chi connectivity index (χ1v) is 5.89. The molecule has 0 amide bonds. The van der Waals surface area contributed by atoms with Crippen LogP contribution in [-0.2, 0) is 6.42 Å². The van der Waals surface area contributed by atoms with Crippen LogP contribution < -0.4 is 5.73 Å². The van der Waals surface area contributed by atoms with Gasteiger partial charge in [-0.25, -0.2) is 9.37 Å². The molecule has 0 bridgehead atoms. The van der Waals surface area contributed by atoms with Crippen LogP contribution in [-0.4, -0.2) is 22.3 Å². The third-order valence-corrected chi connectivity index (χ3v) is 3.07. The summed E-state index contributed by atoms with van der Waals surface area (Å²) < 4.78 is 13.4. The minimum atomic E-state index is -0.633. The van der Waals surface area contributed by atoms with E-state index in [0.717, 1.165) is 11.2 Å². The molecule has 2 rings (SSSR count). The van der Waals surface area contributed by atoms with Crippen molar-refractivity contribution in [2.45, 2.75) is 6.42 Å². The Balaban J connectivity index is 2.28. The molecule has 0 spiro atoms. The van der Waals surface area contributed by atoms with Gasteiger partial charge in [0.1, 0.15) is 5.69 Å². The van der Waals surface area contributed by atoms with Crippen LogP contribution in [0.15, 0.2) is 23.8 Å². The Morgan fingerprint density at radius 3 is 3.06 bits per heavy atom. The second-order valence-electron chi connectivity index (χ2n) is 3.35. The maximum absolute atomic E-state index is 13.4. The van der Waals surface area contributed by atoms with Gasteiger partial charge in [-0.15, -0.1) is 11.3 Å². The van der Waals surface area contributed by atoms with Crippen LogP contribution in [0.5, 0.6) is 0 Å². The van der Waals surface area contributed by atoms with Gasteiger partial charge in [0.25, 0.3) is 0 Å². The molecule has 6 heteroatoms. The first-order valence-electron chi connectivity index (χ1n) is 5.01. The number of hydrogen-bond donors (Lipinski definition) is 1. The van der Waals surface area contributed by atoms with E-state index in [4.69, 9.17) is 5.73 Å². The number of ketones is 1. The van der Waals surface area contributed by atoms with E-state index in [1.807, 2.05) is 0 Å². The molecule has 0 aromatic carbocycles. The standard InChI is InChI=1S/C11H10FN3OS/c12-8-5-14-4-2-7(8)11(16)9-6-17-10(15-9)1-3-13/h2,4-6H,1,3,13H2. The first kappa shape index (κ1) is 11.8. The fourth-order valence-corrected chi connectivity index (χ4v) is 2.14. The van der Waals surface area contributed by atoms with Crippen LogP contribution in [0, 0.1) is 5.82 Å². The predicted molar refractivity (Wildman–Crippen MR) is 62.5 cm³/mol. The summed E-state index contributed by atoms with van der Waals surface area (Å²) >= 11 is 1.35. The van der Waals surface area contributed by atoms with Gasteiger partial charge in [-0.1, -0.05) is 0 Å². The average molecular weight is 251 g/mol. The van der Waals surface area contributed by atoms with E-state index in [1.54, 1.807) is 5.38 Å². The molecule has 17 heavy (non-hydrogen) atoms. The topological polar surface area (TPSA) is 68.9 Å². The average Bonchev–Trinajstić information content (AvgIpc) is 2.78. The summed E-state index contributed by atoms with van der Waals surface area (Å²) in [5.41, 5.74) is 5.64. The number of pyridine rings is 1. The van der Waals surface area contributed by atoms with Crippen molar-refractivity contribution in [2.24, 2.45) is 5.73 Å². The Bertz CT molecular complexity index is 541. The van der Waals surface area contributed by atoms with E-state index >= 15 is 0 Å². The van der Waals surface area contributed by atoms with Gasteiger partial charge in [-0.2, -0.15) is 0 Å². The van der Waals surface area contributed by atoms with Crippen LogP contribution in [0.25, 0.3) is 0 Å². The molecule has 0 radical (unpaired) electrons. The summed E-state index contributed by atoms with van der Waals surface area (Å²) in [6, 6.07) is 1.35. The lowest BCUT2D eigenvalue weighted by atomic mass is 10.1. The molecule has 0 aliphatic carbocycles. The minimum Gasteiger partial charge on any atom is -0.330 e. The number of carbonyl (C=O) groups excluding carboxylic acids is 1. The second-order valence-corrected chi connectivity index (χ2v) is 4.29. The number of aromatic nitrogens is 2. The molecule has 2 aromatic heterocycles. The number of carbonyl (C=O) groups is 1. The molecular weight excluding hydrogens is 241 g/mol. The van der Waals surface area contributed by atoms with Crippen molar-refractivity contribution >= 4 is 17.1 Å². The molecule has 0 saturated carbocycles. The van der Waals surface area contributed by atoms with Crippen LogP contribution in [0.3, 0.4) is 0 Å². The lowest BCUT2D eigenvalue weighted by Gasteiger charge is -1.98. The second kappa shape index (κ2) is 5.11. The molecule has 0 aliphatic heterocycles. The number of nitrogens with two attached hydrogens (primary N) is 1. The van der Waals surface area contributed by atoms with Crippen molar-refractivity contribution < 1.29 is 9.18 Å². The van der Waals surface area contributed by atoms with Crippen molar-refractivity contribution in [3.63, 3.8) is 0 Å². The van der Waals surface area contributed by atoms with Crippen molar-refractivity contribution in [3.05, 3.63) is 45.9 Å². The lowest BCUT2D eigenvalue weighted by Crippen LogP contribution is -2.06. The van der Waals surface area contributed by atoms with Gasteiger partial charge < -0.3 is 5.73 Å². The number of hydrogen-bond acceptors (Lipinski definition) is 5. The summed E-state index contributed by atoms with van der Waals surface area (Å²) in [6.45, 7) is 0.477. The summed E-state index contributed by atoms with van der Waals surface area (Å²) in [4.78, 5) is 19.6. The number of nitrogens with zero attached hydrogens (tertiary/aromatic N) is 2. The third kappa shape index (κ3) is 2.54. The summed E-state index contributed by atoms with van der Waals surface area (Å²) in [7, 11) is 0. The van der Waals surface area contributed by atoms with Crippen molar-refractivity contribution in [3.8, 4) is 0 Å². The monoisotopic (exact) mass is 251 g/mol. The Morgan fingerprint density at radius 2 is 2.35 bits per heavy atom. The molecule has 0 fully saturated rings. The van der Waals surface area contributed by atoms with Crippen molar-refractivity contribution in [2.75, 3.05) is 6.54 Å². The molecule has 0 unspecified atom stereocenters. The van der Waals surface area contributed by atoms with Gasteiger partial charge in [0.15, 0.2) is 5.82 Å². The molecule has 2 N–H and O–H groups in total. The number of halogens is 1. The molecular formula is C11H10FN3OS. The van der Waals surface area contributed by atoms with Gasteiger partial charge >= 0.3 is 0 Å². The van der Waals surface area contributed by atoms with Crippen LogP contribution in [0.1, 0.15) is 21.1 Å². The van der Waals surface area contributed by atoms with Gasteiger partial charge in [-0.3, -0.25) is 9.78 Å². The highest BCUT2D eigenvalue weighted by Gasteiger charge is 2.16. The van der Waals surface area contributed by atoms with E-state index in [-0.39, 0.29) is 11.3 Å². The van der Waals surface area contributed by atoms with Crippen LogP contribution in [0.2, 0.25) is 0 Å². The minimum absolute atomic E-state index is 0.00963. The zero-order valence-electron chi connectivity index (χ0n) is 8.89. The summed E-state index contributed by atoms with van der Waals surface area (Å²) in [5, 5.41) is 2.40. The molecule has 0 saturated heterocycles. The van der Waals surface area contributed by atoms with Gasteiger partial charge in [0.05, 0.1) is 16.8 Å². The number of rotatable bonds is 4. The summed E-state index contributed by atoms with van der Waals surface area (Å²) in [5.74, 6) is -1.06. The van der Waals surface area contributed by atoms with Gasteiger partial charge in [0, 0.05) is 18.0 Å². The van der Waals surface area contributed by atoms with E-state index in [2.05, 4.69) is 9.97 Å². The summed E-state index contributed by atoms with van der Waals surface area (Å²) in [6.07, 6.45) is 3.01. The zero-order valence-corrected chi connectivity index (χ0v) is 9.71. The highest BCUT2D eigenvalue weighted by molar-refractivity contribution is 7.09. The first-order chi connectivity index (χ1) is 8.22. The molecule has 88 valence electrons. The van der Waals surface area contributed by atoms with Crippen molar-refractivity contribution in [1.29, 1.82) is 0 Å². The molecule has 4 nitrogen and oxygen atoms in total. The van der Waals surface area contributed by atoms with E-state index in [9.17, 15) is 9.18 Å². The predicted octanol–water partition coefficient (Wildman–Crippen LogP) is 1.41. The highest BCUT2D eigenvalue weighted by atomic mass is 32.1. The van der Waals surface area contributed by atoms with Crippen molar-refractivity contribution in [1.82, 2.24) is 9.97 Å². The maximum Gasteiger partial charge on any atom is 0.215 e. The highest BCUT2D eigenvalue weighted by Crippen LogP contribution is 2.15. The Labute approximate surface area is 101 Å². The van der Waals surface area contributed by atoms with E-state index < -0.39 is 11.6 Å². The van der Waals surface area contributed by atoms with Crippen LogP contribution in [0.4, 0.5) is 4.39 Å². The quantitative estimate of drug-likeness (QED) is 0.834. The number of thiazole rings is 1. The third-order valence-electron chi connectivity index (χ3n) is 2.16. The maximum atomic E-state index is 13.4. The molecule has 2 aromatic rings. The van der Waals surface area contributed by atoms with E-state index in [1.165, 1.54) is 23.6 Å². The SMILES string of the molecule is NCCc1nc(C(=O)c2ccncc2F)cs1.